The summed E-state index contributed by atoms with van der Waals surface area (Å²) in [6.07, 6.45) is 0. The number of aromatic amines is 2. The number of para-hydroxylation sites is 2. The van der Waals surface area contributed by atoms with Crippen molar-refractivity contribution in [2.24, 2.45) is 0 Å². The van der Waals surface area contributed by atoms with Crippen LogP contribution in [0.1, 0.15) is 11.5 Å². The van der Waals surface area contributed by atoms with Crippen LogP contribution in [0, 0.1) is 6.92 Å². The largest absolute Gasteiger partial charge is 0.341 e. The monoisotopic (exact) mass is 272 g/mol. The molecule has 19 heavy (non-hydrogen) atoms. The number of aryl methyl sites for hydroxylation is 1. The maximum atomic E-state index is 11.3. The Morgan fingerprint density at radius 2 is 2.05 bits per heavy atom. The maximum Gasteiger partial charge on any atom is 0.251 e. The first-order chi connectivity index (χ1) is 9.20. The third-order valence-corrected chi connectivity index (χ3v) is 3.52. The average Bonchev–Trinajstić information content (AvgIpc) is 2.78. The summed E-state index contributed by atoms with van der Waals surface area (Å²) in [5.74, 6) is 1.51. The Morgan fingerprint density at radius 1 is 1.21 bits per heavy atom. The van der Waals surface area contributed by atoms with Gasteiger partial charge < -0.3 is 9.97 Å². The summed E-state index contributed by atoms with van der Waals surface area (Å²) >= 11 is 1.46. The van der Waals surface area contributed by atoms with Gasteiger partial charge in [0.2, 0.25) is 0 Å². The molecule has 0 atom stereocenters. The standard InChI is InChI=1S/C13H12N4OS/c1-8-6-12(18)17-13(14-8)19-7-11-15-9-4-2-3-5-10(9)16-11/h2-6H,7H2,1H3,(H,15,16)(H,14,17,18). The van der Waals surface area contributed by atoms with Gasteiger partial charge in [-0.15, -0.1) is 0 Å². The number of imidazole rings is 1. The Kier molecular flexibility index (Phi) is 3.08. The van der Waals surface area contributed by atoms with Crippen molar-refractivity contribution in [3.63, 3.8) is 0 Å². The third kappa shape index (κ3) is 2.68. The Hall–Kier alpha value is -2.08. The summed E-state index contributed by atoms with van der Waals surface area (Å²) in [5.41, 5.74) is 2.56. The highest BCUT2D eigenvalue weighted by Crippen LogP contribution is 2.19. The molecule has 0 fully saturated rings. The molecule has 0 saturated carbocycles. The lowest BCUT2D eigenvalue weighted by molar-refractivity contribution is 0.903. The minimum absolute atomic E-state index is 0.125. The van der Waals surface area contributed by atoms with E-state index in [1.807, 2.05) is 24.3 Å². The third-order valence-electron chi connectivity index (χ3n) is 2.63. The second-order valence-electron chi connectivity index (χ2n) is 4.18. The van der Waals surface area contributed by atoms with Crippen molar-refractivity contribution in [3.05, 3.63) is 52.2 Å². The Bertz CT molecular complexity index is 744. The van der Waals surface area contributed by atoms with E-state index in [1.165, 1.54) is 17.8 Å². The van der Waals surface area contributed by atoms with Gasteiger partial charge in [0.05, 0.1) is 16.8 Å². The van der Waals surface area contributed by atoms with Crippen molar-refractivity contribution in [3.8, 4) is 0 Å². The summed E-state index contributed by atoms with van der Waals surface area (Å²) in [7, 11) is 0. The molecule has 96 valence electrons. The Labute approximate surface area is 113 Å². The van der Waals surface area contributed by atoms with Crippen molar-refractivity contribution in [2.75, 3.05) is 0 Å². The van der Waals surface area contributed by atoms with E-state index in [0.29, 0.717) is 10.9 Å². The van der Waals surface area contributed by atoms with Gasteiger partial charge in [0.25, 0.3) is 5.56 Å². The number of benzene rings is 1. The lowest BCUT2D eigenvalue weighted by Gasteiger charge is -1.99. The first kappa shape index (κ1) is 12.0. The van der Waals surface area contributed by atoms with Crippen molar-refractivity contribution < 1.29 is 0 Å². The van der Waals surface area contributed by atoms with Crippen LogP contribution in [0.25, 0.3) is 11.0 Å². The van der Waals surface area contributed by atoms with Crippen LogP contribution in [-0.4, -0.2) is 19.9 Å². The molecule has 0 amide bonds. The molecule has 0 aliphatic rings. The summed E-state index contributed by atoms with van der Waals surface area (Å²) in [4.78, 5) is 26.0. The zero-order chi connectivity index (χ0) is 13.2. The maximum absolute atomic E-state index is 11.3. The highest BCUT2D eigenvalue weighted by Gasteiger charge is 2.04. The minimum Gasteiger partial charge on any atom is -0.341 e. The molecule has 6 heteroatoms. The number of thioether (sulfide) groups is 1. The van der Waals surface area contributed by atoms with Crippen LogP contribution in [0.15, 0.2) is 40.3 Å². The number of nitrogens with zero attached hydrogens (tertiary/aromatic N) is 2. The first-order valence-corrected chi connectivity index (χ1v) is 6.84. The van der Waals surface area contributed by atoms with Gasteiger partial charge in [-0.2, -0.15) is 0 Å². The van der Waals surface area contributed by atoms with Gasteiger partial charge in [-0.1, -0.05) is 23.9 Å². The quantitative estimate of drug-likeness (QED) is 0.566. The van der Waals surface area contributed by atoms with E-state index in [4.69, 9.17) is 0 Å². The molecule has 2 heterocycles. The molecule has 2 N–H and O–H groups in total. The lowest BCUT2D eigenvalue weighted by atomic mass is 10.3. The molecular formula is C13H12N4OS. The van der Waals surface area contributed by atoms with Crippen LogP contribution in [0.5, 0.6) is 0 Å². The number of H-pyrrole nitrogens is 2. The predicted octanol–water partition coefficient (Wildman–Crippen LogP) is 2.25. The summed E-state index contributed by atoms with van der Waals surface area (Å²) in [6, 6.07) is 9.36. The van der Waals surface area contributed by atoms with Crippen LogP contribution in [0.3, 0.4) is 0 Å². The van der Waals surface area contributed by atoms with Crippen LogP contribution < -0.4 is 5.56 Å². The van der Waals surface area contributed by atoms with Gasteiger partial charge in [-0.25, -0.2) is 9.97 Å². The van der Waals surface area contributed by atoms with Crippen molar-refractivity contribution in [1.29, 1.82) is 0 Å². The van der Waals surface area contributed by atoms with Gasteiger partial charge in [0.1, 0.15) is 5.82 Å². The predicted molar refractivity (Wildman–Crippen MR) is 75.2 cm³/mol. The van der Waals surface area contributed by atoms with Crippen molar-refractivity contribution in [2.45, 2.75) is 17.8 Å². The fourth-order valence-electron chi connectivity index (χ4n) is 1.83. The lowest BCUT2D eigenvalue weighted by Crippen LogP contribution is -2.08. The molecule has 0 spiro atoms. The Balaban J connectivity index is 1.80. The average molecular weight is 272 g/mol. The van der Waals surface area contributed by atoms with E-state index in [0.717, 1.165) is 22.6 Å². The molecule has 0 aliphatic carbocycles. The fraction of sp³-hybridized carbons (Fsp3) is 0.154. The second kappa shape index (κ2) is 4.89. The summed E-state index contributed by atoms with van der Waals surface area (Å²) in [6.45, 7) is 1.81. The normalized spacial score (nSPS) is 11.0. The van der Waals surface area contributed by atoms with E-state index in [9.17, 15) is 4.79 Å². The molecule has 2 aromatic heterocycles. The fourth-order valence-corrected chi connectivity index (χ4v) is 2.62. The van der Waals surface area contributed by atoms with Crippen molar-refractivity contribution in [1.82, 2.24) is 19.9 Å². The van der Waals surface area contributed by atoms with Crippen molar-refractivity contribution >= 4 is 22.8 Å². The van der Waals surface area contributed by atoms with Gasteiger partial charge in [-0.05, 0) is 19.1 Å². The van der Waals surface area contributed by atoms with Crippen LogP contribution in [0.2, 0.25) is 0 Å². The van der Waals surface area contributed by atoms with E-state index >= 15 is 0 Å². The zero-order valence-corrected chi connectivity index (χ0v) is 11.1. The molecular weight excluding hydrogens is 260 g/mol. The molecule has 0 radical (unpaired) electrons. The highest BCUT2D eigenvalue weighted by molar-refractivity contribution is 7.98. The second-order valence-corrected chi connectivity index (χ2v) is 5.15. The molecule has 3 aromatic rings. The summed E-state index contributed by atoms with van der Waals surface area (Å²) in [5, 5.41) is 0.616. The van der Waals surface area contributed by atoms with Crippen LogP contribution in [-0.2, 0) is 5.75 Å². The topological polar surface area (TPSA) is 74.4 Å². The number of hydrogen-bond acceptors (Lipinski definition) is 4. The van der Waals surface area contributed by atoms with E-state index < -0.39 is 0 Å². The number of rotatable bonds is 3. The van der Waals surface area contributed by atoms with E-state index in [1.54, 1.807) is 6.92 Å². The SMILES string of the molecule is Cc1cc(=O)[nH]c(SCc2nc3ccccc3[nH]2)n1. The smallest absolute Gasteiger partial charge is 0.251 e. The molecule has 0 saturated heterocycles. The van der Waals surface area contributed by atoms with Gasteiger partial charge in [0, 0.05) is 11.8 Å². The highest BCUT2D eigenvalue weighted by atomic mass is 32.2. The molecule has 3 rings (SSSR count). The van der Waals surface area contributed by atoms with E-state index in [2.05, 4.69) is 19.9 Å². The van der Waals surface area contributed by atoms with Crippen LogP contribution >= 0.6 is 11.8 Å². The molecule has 0 bridgehead atoms. The molecule has 0 aliphatic heterocycles. The number of nitrogens with one attached hydrogen (secondary N) is 2. The van der Waals surface area contributed by atoms with Gasteiger partial charge in [0.15, 0.2) is 5.16 Å². The number of aromatic nitrogens is 4. The first-order valence-electron chi connectivity index (χ1n) is 5.85. The number of hydrogen-bond donors (Lipinski definition) is 2. The Morgan fingerprint density at radius 3 is 2.84 bits per heavy atom. The minimum atomic E-state index is -0.125. The van der Waals surface area contributed by atoms with Crippen LogP contribution in [0.4, 0.5) is 0 Å². The molecule has 5 nitrogen and oxygen atoms in total. The number of fused-ring (bicyclic) bond motifs is 1. The van der Waals surface area contributed by atoms with E-state index in [-0.39, 0.29) is 5.56 Å². The molecule has 0 unspecified atom stereocenters. The zero-order valence-electron chi connectivity index (χ0n) is 10.3. The molecule has 1 aromatic carbocycles. The summed E-state index contributed by atoms with van der Waals surface area (Å²) < 4.78 is 0. The van der Waals surface area contributed by atoms with Gasteiger partial charge in [-0.3, -0.25) is 4.79 Å². The van der Waals surface area contributed by atoms with Gasteiger partial charge >= 0.3 is 0 Å².